The van der Waals surface area contributed by atoms with Crippen LogP contribution in [0, 0.1) is 0 Å². The molecule has 4 aromatic rings. The molecule has 0 saturated heterocycles. The number of anilines is 1. The highest BCUT2D eigenvalue weighted by atomic mass is 32.1. The Kier molecular flexibility index (Phi) is 3.65. The lowest BCUT2D eigenvalue weighted by molar-refractivity contribution is 0.415. The van der Waals surface area contributed by atoms with Crippen LogP contribution in [0.25, 0.3) is 16.6 Å². The van der Waals surface area contributed by atoms with Crippen molar-refractivity contribution in [2.24, 2.45) is 10.7 Å². The first-order chi connectivity index (χ1) is 13.3. The molecule has 134 valence electrons. The number of methoxy groups -OCH3 is 1. The van der Waals surface area contributed by atoms with Gasteiger partial charge in [0.25, 0.3) is 0 Å². The van der Waals surface area contributed by atoms with Gasteiger partial charge in [0.1, 0.15) is 11.6 Å². The lowest BCUT2D eigenvalue weighted by Gasteiger charge is -2.32. The molecule has 2 aromatic carbocycles. The SMILES string of the molecule is COc1ccc(N2C(N)=c3ccoc3=NC2c2scc3ccccc23)cc1. The number of furan rings is 1. The molecule has 6 heteroatoms. The number of hydrogen-bond acceptors (Lipinski definition) is 6. The zero-order valence-corrected chi connectivity index (χ0v) is 15.4. The third-order valence-electron chi connectivity index (χ3n) is 4.79. The zero-order valence-electron chi connectivity index (χ0n) is 14.6. The van der Waals surface area contributed by atoms with E-state index in [9.17, 15) is 0 Å². The highest BCUT2D eigenvalue weighted by Crippen LogP contribution is 2.39. The van der Waals surface area contributed by atoms with Crippen molar-refractivity contribution in [1.82, 2.24) is 0 Å². The van der Waals surface area contributed by atoms with Gasteiger partial charge in [-0.1, -0.05) is 24.3 Å². The minimum Gasteiger partial charge on any atom is -0.497 e. The van der Waals surface area contributed by atoms with Gasteiger partial charge in [-0.3, -0.25) is 4.90 Å². The molecule has 0 saturated carbocycles. The van der Waals surface area contributed by atoms with Crippen LogP contribution >= 0.6 is 11.3 Å². The van der Waals surface area contributed by atoms with E-state index in [1.165, 1.54) is 10.8 Å². The van der Waals surface area contributed by atoms with Crippen LogP contribution in [0.4, 0.5) is 5.69 Å². The van der Waals surface area contributed by atoms with E-state index >= 15 is 0 Å². The Hall–Kier alpha value is -3.25. The number of rotatable bonds is 3. The van der Waals surface area contributed by atoms with Crippen molar-refractivity contribution < 1.29 is 9.15 Å². The van der Waals surface area contributed by atoms with Gasteiger partial charge in [0, 0.05) is 5.69 Å². The molecule has 1 aliphatic rings. The van der Waals surface area contributed by atoms with Gasteiger partial charge in [0.15, 0.2) is 6.17 Å². The molecule has 27 heavy (non-hydrogen) atoms. The van der Waals surface area contributed by atoms with E-state index in [2.05, 4.69) is 22.4 Å². The monoisotopic (exact) mass is 375 g/mol. The molecule has 2 aromatic heterocycles. The Morgan fingerprint density at radius 1 is 1.11 bits per heavy atom. The molecule has 0 aliphatic carbocycles. The second kappa shape index (κ2) is 6.17. The van der Waals surface area contributed by atoms with Crippen molar-refractivity contribution in [1.29, 1.82) is 0 Å². The summed E-state index contributed by atoms with van der Waals surface area (Å²) >= 11 is 1.68. The molecule has 5 rings (SSSR count). The number of nitrogens with two attached hydrogens (primary N) is 1. The smallest absolute Gasteiger partial charge is 0.227 e. The van der Waals surface area contributed by atoms with Crippen LogP contribution in [-0.4, -0.2) is 7.11 Å². The van der Waals surface area contributed by atoms with Crippen LogP contribution in [0.2, 0.25) is 0 Å². The summed E-state index contributed by atoms with van der Waals surface area (Å²) < 4.78 is 10.9. The van der Waals surface area contributed by atoms with Crippen molar-refractivity contribution >= 4 is 33.6 Å². The Labute approximate surface area is 159 Å². The molecule has 0 radical (unpaired) electrons. The van der Waals surface area contributed by atoms with Crippen LogP contribution in [-0.2, 0) is 0 Å². The first kappa shape index (κ1) is 16.0. The zero-order chi connectivity index (χ0) is 18.4. The summed E-state index contributed by atoms with van der Waals surface area (Å²) in [6.07, 6.45) is 1.34. The van der Waals surface area contributed by atoms with Gasteiger partial charge in [-0.15, -0.1) is 11.3 Å². The Morgan fingerprint density at radius 2 is 1.93 bits per heavy atom. The summed E-state index contributed by atoms with van der Waals surface area (Å²) in [5.74, 6) is 1.43. The number of benzene rings is 2. The fourth-order valence-electron chi connectivity index (χ4n) is 3.44. The number of nitrogens with zero attached hydrogens (tertiary/aromatic N) is 2. The standard InChI is InChI=1S/C21H17N3O2S/c1-25-15-8-6-14(7-9-15)24-19(22)17-10-11-26-21(17)23-20(24)18-16-5-3-2-4-13(16)12-27-18/h2-12,20H,22H2,1H3. The van der Waals surface area contributed by atoms with E-state index in [0.717, 1.165) is 21.5 Å². The molecule has 5 nitrogen and oxygen atoms in total. The van der Waals surface area contributed by atoms with Crippen LogP contribution in [0.15, 0.2) is 75.7 Å². The molecule has 0 spiro atoms. The lowest BCUT2D eigenvalue weighted by atomic mass is 10.1. The fraction of sp³-hybridized carbons (Fsp3) is 0.0952. The number of ether oxygens (including phenoxy) is 1. The Bertz CT molecular complexity index is 1240. The van der Waals surface area contributed by atoms with Crippen molar-refractivity contribution in [3.8, 4) is 5.75 Å². The van der Waals surface area contributed by atoms with E-state index in [1.807, 2.05) is 42.5 Å². The van der Waals surface area contributed by atoms with E-state index in [0.29, 0.717) is 11.4 Å². The minimum atomic E-state index is -0.290. The van der Waals surface area contributed by atoms with Crippen molar-refractivity contribution in [3.05, 3.63) is 81.9 Å². The number of hydrogen-bond donors (Lipinski definition) is 1. The van der Waals surface area contributed by atoms with Gasteiger partial charge in [0.2, 0.25) is 5.55 Å². The highest BCUT2D eigenvalue weighted by Gasteiger charge is 2.29. The van der Waals surface area contributed by atoms with Crippen LogP contribution in [0.5, 0.6) is 5.75 Å². The molecule has 2 N–H and O–H groups in total. The second-order valence-electron chi connectivity index (χ2n) is 6.28. The second-order valence-corrected chi connectivity index (χ2v) is 7.19. The topological polar surface area (TPSA) is 64.0 Å². The first-order valence-electron chi connectivity index (χ1n) is 8.57. The maximum absolute atomic E-state index is 6.57. The van der Waals surface area contributed by atoms with Crippen molar-refractivity contribution in [2.75, 3.05) is 12.0 Å². The number of fused-ring (bicyclic) bond motifs is 2. The molecule has 3 heterocycles. The molecule has 1 atom stereocenters. The van der Waals surface area contributed by atoms with Gasteiger partial charge in [0.05, 0.1) is 23.5 Å². The maximum atomic E-state index is 6.57. The summed E-state index contributed by atoms with van der Waals surface area (Å²) in [6, 6.07) is 18.0. The predicted molar refractivity (Wildman–Crippen MR) is 107 cm³/mol. The van der Waals surface area contributed by atoms with Crippen LogP contribution in [0.3, 0.4) is 0 Å². The molecular weight excluding hydrogens is 358 g/mol. The normalized spacial score (nSPS) is 16.3. The van der Waals surface area contributed by atoms with Gasteiger partial charge in [-0.25, -0.2) is 4.99 Å². The Balaban J connectivity index is 1.74. The molecule has 0 bridgehead atoms. The summed E-state index contributed by atoms with van der Waals surface area (Å²) in [6.45, 7) is 0. The first-order valence-corrected chi connectivity index (χ1v) is 9.45. The van der Waals surface area contributed by atoms with Gasteiger partial charge in [-0.05, 0) is 46.5 Å². The molecular formula is C21H17N3O2S. The minimum absolute atomic E-state index is 0.290. The predicted octanol–water partition coefficient (Wildman–Crippen LogP) is 3.37. The van der Waals surface area contributed by atoms with E-state index in [-0.39, 0.29) is 6.17 Å². The van der Waals surface area contributed by atoms with Crippen molar-refractivity contribution in [3.63, 3.8) is 0 Å². The van der Waals surface area contributed by atoms with E-state index < -0.39 is 0 Å². The molecule has 1 aliphatic heterocycles. The molecule has 0 amide bonds. The van der Waals surface area contributed by atoms with Crippen molar-refractivity contribution in [2.45, 2.75) is 6.17 Å². The lowest BCUT2D eigenvalue weighted by Crippen LogP contribution is -2.43. The molecule has 0 fully saturated rings. The quantitative estimate of drug-likeness (QED) is 0.596. The Morgan fingerprint density at radius 3 is 2.74 bits per heavy atom. The summed E-state index contributed by atoms with van der Waals surface area (Å²) in [5, 5.41) is 5.34. The largest absolute Gasteiger partial charge is 0.497 e. The third kappa shape index (κ3) is 2.49. The van der Waals surface area contributed by atoms with Crippen LogP contribution < -0.4 is 26.1 Å². The average Bonchev–Trinajstić information content (AvgIpc) is 3.35. The fourth-order valence-corrected chi connectivity index (χ4v) is 4.49. The van der Waals surface area contributed by atoms with Gasteiger partial charge in [-0.2, -0.15) is 0 Å². The molecule has 1 unspecified atom stereocenters. The highest BCUT2D eigenvalue weighted by molar-refractivity contribution is 7.11. The van der Waals surface area contributed by atoms with Crippen LogP contribution in [0.1, 0.15) is 11.0 Å². The average molecular weight is 375 g/mol. The third-order valence-corrected chi connectivity index (χ3v) is 5.85. The number of thiophene rings is 1. The van der Waals surface area contributed by atoms with E-state index in [4.69, 9.17) is 19.9 Å². The van der Waals surface area contributed by atoms with Gasteiger partial charge < -0.3 is 14.9 Å². The summed E-state index contributed by atoms with van der Waals surface area (Å²) in [7, 11) is 1.66. The summed E-state index contributed by atoms with van der Waals surface area (Å²) in [5.41, 5.74) is 8.09. The van der Waals surface area contributed by atoms with Gasteiger partial charge >= 0.3 is 0 Å². The summed E-state index contributed by atoms with van der Waals surface area (Å²) in [4.78, 5) is 8.07. The maximum Gasteiger partial charge on any atom is 0.227 e. The van der Waals surface area contributed by atoms with E-state index in [1.54, 1.807) is 24.7 Å².